The Labute approximate surface area is 168 Å². The lowest BCUT2D eigenvalue weighted by Gasteiger charge is -2.12. The molecule has 0 aliphatic carbocycles. The summed E-state index contributed by atoms with van der Waals surface area (Å²) in [5.74, 6) is 0.0606. The number of imidazole rings is 1. The van der Waals surface area contributed by atoms with Crippen LogP contribution in [-0.2, 0) is 13.6 Å². The number of nitrogens with zero attached hydrogens (tertiary/aromatic N) is 5. The van der Waals surface area contributed by atoms with Crippen molar-refractivity contribution in [3.05, 3.63) is 60.8 Å². The van der Waals surface area contributed by atoms with E-state index in [0.29, 0.717) is 11.3 Å². The molecule has 0 aliphatic rings. The van der Waals surface area contributed by atoms with E-state index in [2.05, 4.69) is 20.5 Å². The van der Waals surface area contributed by atoms with E-state index in [1.54, 1.807) is 6.92 Å². The number of non-ortho nitro benzene ring substituents is 1. The Hall–Kier alpha value is -3.84. The summed E-state index contributed by atoms with van der Waals surface area (Å²) >= 11 is 0. The number of nitro benzene ring substituents is 1. The molecule has 1 aromatic carbocycles. The predicted octanol–water partition coefficient (Wildman–Crippen LogP) is -0.479. The Bertz CT molecular complexity index is 1240. The molecule has 4 N–H and O–H groups in total. The standard InChI is InChI=1S/C17H19N7O6/c1-9(10-3-5-11(6-4-10)24(29)30)20-21-16-18-14-13(23(16)7-12(26)8-25)15(27)19-17(28)22(14)2/h3-6,12,25-26H,7-8H2,1-2H3,(H,18,21)(H,19,27,28)/b20-9-/t12-/m0/s1. The molecule has 0 saturated heterocycles. The van der Waals surface area contributed by atoms with Crippen molar-refractivity contribution in [1.29, 1.82) is 0 Å². The highest BCUT2D eigenvalue weighted by molar-refractivity contribution is 5.99. The highest BCUT2D eigenvalue weighted by atomic mass is 16.6. The number of aryl methyl sites for hydroxylation is 1. The number of aromatic amines is 1. The van der Waals surface area contributed by atoms with Crippen molar-refractivity contribution >= 4 is 28.5 Å². The maximum atomic E-state index is 12.3. The highest BCUT2D eigenvalue weighted by Crippen LogP contribution is 2.17. The highest BCUT2D eigenvalue weighted by Gasteiger charge is 2.19. The van der Waals surface area contributed by atoms with Gasteiger partial charge in [0.1, 0.15) is 0 Å². The first-order chi connectivity index (χ1) is 14.2. The minimum Gasteiger partial charge on any atom is -0.394 e. The summed E-state index contributed by atoms with van der Waals surface area (Å²) in [5, 5.41) is 34.0. The first kappa shape index (κ1) is 20.9. The van der Waals surface area contributed by atoms with Crippen LogP contribution in [0.4, 0.5) is 11.6 Å². The zero-order valence-corrected chi connectivity index (χ0v) is 16.1. The topological polar surface area (TPSA) is 181 Å². The van der Waals surface area contributed by atoms with Crippen molar-refractivity contribution in [3.63, 3.8) is 0 Å². The summed E-state index contributed by atoms with van der Waals surface area (Å²) in [6.07, 6.45) is -1.18. The number of hydrazone groups is 1. The fourth-order valence-corrected chi connectivity index (χ4v) is 2.79. The van der Waals surface area contributed by atoms with Crippen molar-refractivity contribution in [2.45, 2.75) is 19.6 Å². The number of rotatable bonds is 7. The van der Waals surface area contributed by atoms with Crippen LogP contribution in [0.1, 0.15) is 12.5 Å². The molecule has 13 nitrogen and oxygen atoms in total. The fourth-order valence-electron chi connectivity index (χ4n) is 2.79. The molecule has 3 aromatic rings. The second-order valence-corrected chi connectivity index (χ2v) is 6.49. The molecule has 0 amide bonds. The predicted molar refractivity (Wildman–Crippen MR) is 108 cm³/mol. The molecule has 0 unspecified atom stereocenters. The van der Waals surface area contributed by atoms with Crippen LogP contribution in [0.25, 0.3) is 11.2 Å². The van der Waals surface area contributed by atoms with Gasteiger partial charge in [-0.25, -0.2) is 10.2 Å². The molecule has 0 bridgehead atoms. The smallest absolute Gasteiger partial charge is 0.329 e. The van der Waals surface area contributed by atoms with E-state index < -0.39 is 28.9 Å². The van der Waals surface area contributed by atoms with Crippen molar-refractivity contribution in [3.8, 4) is 0 Å². The summed E-state index contributed by atoms with van der Waals surface area (Å²) < 4.78 is 2.44. The Morgan fingerprint density at radius 1 is 1.37 bits per heavy atom. The van der Waals surface area contributed by atoms with Gasteiger partial charge >= 0.3 is 5.69 Å². The Balaban J connectivity index is 2.03. The van der Waals surface area contributed by atoms with Crippen molar-refractivity contribution in [2.75, 3.05) is 12.0 Å². The molecular formula is C17H19N7O6. The van der Waals surface area contributed by atoms with Crippen molar-refractivity contribution in [1.82, 2.24) is 19.1 Å². The van der Waals surface area contributed by atoms with Crippen LogP contribution < -0.4 is 16.7 Å². The van der Waals surface area contributed by atoms with Gasteiger partial charge in [0.15, 0.2) is 11.2 Å². The van der Waals surface area contributed by atoms with E-state index in [1.807, 2.05) is 0 Å². The van der Waals surface area contributed by atoms with Gasteiger partial charge in [-0.15, -0.1) is 0 Å². The van der Waals surface area contributed by atoms with Gasteiger partial charge in [-0.1, -0.05) is 0 Å². The lowest BCUT2D eigenvalue weighted by Crippen LogP contribution is -2.30. The van der Waals surface area contributed by atoms with Crippen molar-refractivity contribution in [2.24, 2.45) is 12.1 Å². The van der Waals surface area contributed by atoms with Crippen LogP contribution in [0.3, 0.4) is 0 Å². The van der Waals surface area contributed by atoms with Gasteiger partial charge in [-0.2, -0.15) is 10.1 Å². The Kier molecular flexibility index (Phi) is 5.75. The van der Waals surface area contributed by atoms with E-state index in [9.17, 15) is 29.9 Å². The summed E-state index contributed by atoms with van der Waals surface area (Å²) in [4.78, 5) is 40.8. The minimum atomic E-state index is -1.18. The SMILES string of the molecule is C/C(=N/Nc1nc2c(c(=O)[nH]c(=O)n2C)n1C[C@H](O)CO)c1ccc([N+](=O)[O-])cc1. The molecule has 30 heavy (non-hydrogen) atoms. The van der Waals surface area contributed by atoms with Crippen LogP contribution >= 0.6 is 0 Å². The molecule has 3 rings (SSSR count). The second kappa shape index (κ2) is 8.26. The van der Waals surface area contributed by atoms with E-state index in [1.165, 1.54) is 35.9 Å². The third-order valence-electron chi connectivity index (χ3n) is 4.43. The van der Waals surface area contributed by atoms with Gasteiger partial charge in [0.2, 0.25) is 5.95 Å². The van der Waals surface area contributed by atoms with E-state index in [-0.39, 0.29) is 29.3 Å². The van der Waals surface area contributed by atoms with Gasteiger partial charge in [0, 0.05) is 19.2 Å². The fraction of sp³-hybridized carbons (Fsp3) is 0.294. The van der Waals surface area contributed by atoms with Crippen LogP contribution in [0.2, 0.25) is 0 Å². The number of nitrogens with one attached hydrogen (secondary N) is 2. The lowest BCUT2D eigenvalue weighted by atomic mass is 10.1. The number of nitro groups is 1. The van der Waals surface area contributed by atoms with Crippen LogP contribution in [-0.4, -0.2) is 52.7 Å². The average molecular weight is 417 g/mol. The van der Waals surface area contributed by atoms with Crippen molar-refractivity contribution < 1.29 is 15.1 Å². The van der Waals surface area contributed by atoms with Gasteiger partial charge < -0.3 is 14.8 Å². The number of hydrogen-bond acceptors (Lipinski definition) is 9. The van der Waals surface area contributed by atoms with E-state index in [0.717, 1.165) is 4.57 Å². The molecule has 0 fully saturated rings. The molecule has 158 valence electrons. The number of anilines is 1. The third kappa shape index (κ3) is 3.97. The molecule has 0 saturated carbocycles. The minimum absolute atomic E-state index is 0.0234. The molecule has 2 heterocycles. The summed E-state index contributed by atoms with van der Waals surface area (Å²) in [5.41, 5.74) is 2.44. The number of hydrogen-bond donors (Lipinski definition) is 4. The van der Waals surface area contributed by atoms with Crippen LogP contribution in [0.5, 0.6) is 0 Å². The number of aliphatic hydroxyl groups excluding tert-OH is 2. The molecule has 2 aromatic heterocycles. The van der Waals surface area contributed by atoms with Crippen LogP contribution in [0.15, 0.2) is 39.0 Å². The molecule has 1 atom stereocenters. The van der Waals surface area contributed by atoms with Gasteiger partial charge in [-0.3, -0.25) is 24.5 Å². The normalized spacial score (nSPS) is 12.9. The maximum Gasteiger partial charge on any atom is 0.329 e. The summed E-state index contributed by atoms with van der Waals surface area (Å²) in [7, 11) is 1.43. The average Bonchev–Trinajstić information content (AvgIpc) is 3.09. The Morgan fingerprint density at radius 2 is 2.03 bits per heavy atom. The van der Waals surface area contributed by atoms with Gasteiger partial charge in [0.05, 0.1) is 29.9 Å². The summed E-state index contributed by atoms with van der Waals surface area (Å²) in [6.45, 7) is 0.933. The second-order valence-electron chi connectivity index (χ2n) is 6.49. The maximum absolute atomic E-state index is 12.3. The Morgan fingerprint density at radius 3 is 2.63 bits per heavy atom. The third-order valence-corrected chi connectivity index (χ3v) is 4.43. The van der Waals surface area contributed by atoms with Crippen LogP contribution in [0, 0.1) is 10.1 Å². The zero-order chi connectivity index (χ0) is 22.0. The molecule has 0 aliphatic heterocycles. The van der Waals surface area contributed by atoms with E-state index in [4.69, 9.17) is 0 Å². The molecule has 13 heteroatoms. The number of fused-ring (bicyclic) bond motifs is 1. The largest absolute Gasteiger partial charge is 0.394 e. The lowest BCUT2D eigenvalue weighted by molar-refractivity contribution is -0.384. The van der Waals surface area contributed by atoms with Gasteiger partial charge in [0.25, 0.3) is 11.2 Å². The first-order valence-electron chi connectivity index (χ1n) is 8.76. The molecular weight excluding hydrogens is 398 g/mol. The number of benzene rings is 1. The molecule has 0 radical (unpaired) electrons. The molecule has 0 spiro atoms. The number of H-pyrrole nitrogens is 1. The quantitative estimate of drug-likeness (QED) is 0.226. The number of aliphatic hydroxyl groups is 2. The zero-order valence-electron chi connectivity index (χ0n) is 16.1. The number of aromatic nitrogens is 4. The van der Waals surface area contributed by atoms with E-state index >= 15 is 0 Å². The summed E-state index contributed by atoms with van der Waals surface area (Å²) in [6, 6.07) is 5.75. The monoisotopic (exact) mass is 417 g/mol. The van der Waals surface area contributed by atoms with Gasteiger partial charge in [-0.05, 0) is 24.6 Å². The first-order valence-corrected chi connectivity index (χ1v) is 8.76.